The molecule has 7 heteroatoms. The minimum Gasteiger partial charge on any atom is -0.495 e. The number of carbonyl (C=O) groups is 2. The predicted molar refractivity (Wildman–Crippen MR) is 109 cm³/mol. The van der Waals surface area contributed by atoms with E-state index in [9.17, 15) is 9.59 Å². The van der Waals surface area contributed by atoms with Crippen LogP contribution in [0.15, 0.2) is 12.1 Å². The van der Waals surface area contributed by atoms with Crippen molar-refractivity contribution in [3.05, 3.63) is 17.7 Å². The van der Waals surface area contributed by atoms with Gasteiger partial charge >= 0.3 is 6.09 Å². The Bertz CT molecular complexity index is 742. The average molecular weight is 389 g/mol. The highest BCUT2D eigenvalue weighted by molar-refractivity contribution is 5.93. The molecule has 1 aromatic rings. The number of ether oxygens (including phenoxy) is 2. The SMILES string of the molecule is COc1cc2c(cc1N1CCCN(C(=O)OC(C)(C)C)CC1)CCCC(=O)N2. The third-order valence-electron chi connectivity index (χ3n) is 5.02. The Labute approximate surface area is 167 Å². The first-order valence-electron chi connectivity index (χ1n) is 10.0. The summed E-state index contributed by atoms with van der Waals surface area (Å²) in [7, 11) is 1.65. The fraction of sp³-hybridized carbons (Fsp3) is 0.619. The van der Waals surface area contributed by atoms with Gasteiger partial charge in [0.1, 0.15) is 11.4 Å². The lowest BCUT2D eigenvalue weighted by Gasteiger charge is -2.28. The zero-order valence-electron chi connectivity index (χ0n) is 17.3. The highest BCUT2D eigenvalue weighted by Gasteiger charge is 2.26. The van der Waals surface area contributed by atoms with Crippen LogP contribution in [0.1, 0.15) is 45.6 Å². The molecule has 0 atom stereocenters. The number of methoxy groups -OCH3 is 1. The second kappa shape index (κ2) is 8.29. The summed E-state index contributed by atoms with van der Waals surface area (Å²) in [5.41, 5.74) is 2.50. The van der Waals surface area contributed by atoms with E-state index in [4.69, 9.17) is 9.47 Å². The van der Waals surface area contributed by atoms with Crippen LogP contribution in [-0.4, -0.2) is 55.8 Å². The van der Waals surface area contributed by atoms with Crippen molar-refractivity contribution in [1.29, 1.82) is 0 Å². The molecule has 2 heterocycles. The first-order valence-corrected chi connectivity index (χ1v) is 10.0. The van der Waals surface area contributed by atoms with Crippen molar-refractivity contribution in [3.63, 3.8) is 0 Å². The molecule has 2 amide bonds. The number of rotatable bonds is 2. The summed E-state index contributed by atoms with van der Waals surface area (Å²) in [5, 5.41) is 2.98. The molecule has 0 aliphatic carbocycles. The molecule has 1 N–H and O–H groups in total. The highest BCUT2D eigenvalue weighted by atomic mass is 16.6. The monoisotopic (exact) mass is 389 g/mol. The summed E-state index contributed by atoms with van der Waals surface area (Å²) in [6, 6.07) is 4.05. The van der Waals surface area contributed by atoms with Crippen LogP contribution in [0.2, 0.25) is 0 Å². The molecule has 2 aliphatic rings. The average Bonchev–Trinajstić information content (AvgIpc) is 2.96. The van der Waals surface area contributed by atoms with Gasteiger partial charge in [-0.25, -0.2) is 4.79 Å². The topological polar surface area (TPSA) is 71.1 Å². The predicted octanol–water partition coefficient (Wildman–Crippen LogP) is 3.42. The molecule has 1 saturated heterocycles. The Hall–Kier alpha value is -2.44. The molecule has 7 nitrogen and oxygen atoms in total. The van der Waals surface area contributed by atoms with Crippen LogP contribution in [-0.2, 0) is 16.0 Å². The van der Waals surface area contributed by atoms with E-state index in [-0.39, 0.29) is 12.0 Å². The van der Waals surface area contributed by atoms with E-state index in [1.165, 1.54) is 0 Å². The van der Waals surface area contributed by atoms with Crippen LogP contribution in [0.25, 0.3) is 0 Å². The lowest BCUT2D eigenvalue weighted by molar-refractivity contribution is -0.116. The van der Waals surface area contributed by atoms with Crippen LogP contribution < -0.4 is 15.0 Å². The number of aryl methyl sites for hydroxylation is 1. The molecule has 0 saturated carbocycles. The van der Waals surface area contributed by atoms with Gasteiger partial charge in [0.25, 0.3) is 0 Å². The van der Waals surface area contributed by atoms with Crippen LogP contribution in [0.3, 0.4) is 0 Å². The molecule has 1 aromatic carbocycles. The van der Waals surface area contributed by atoms with E-state index in [0.29, 0.717) is 26.1 Å². The Kier molecular flexibility index (Phi) is 6.01. The molecule has 0 spiro atoms. The van der Waals surface area contributed by atoms with Crippen molar-refractivity contribution in [1.82, 2.24) is 4.90 Å². The second-order valence-corrected chi connectivity index (χ2v) is 8.39. The number of hydrogen-bond acceptors (Lipinski definition) is 5. The lowest BCUT2D eigenvalue weighted by atomic mass is 10.1. The third-order valence-corrected chi connectivity index (χ3v) is 5.02. The van der Waals surface area contributed by atoms with Gasteiger partial charge in [0.15, 0.2) is 0 Å². The van der Waals surface area contributed by atoms with Gasteiger partial charge in [0.05, 0.1) is 12.8 Å². The number of nitrogens with zero attached hydrogens (tertiary/aromatic N) is 2. The summed E-state index contributed by atoms with van der Waals surface area (Å²) in [4.78, 5) is 28.3. The van der Waals surface area contributed by atoms with Crippen molar-refractivity contribution < 1.29 is 19.1 Å². The van der Waals surface area contributed by atoms with Gasteiger partial charge in [0.2, 0.25) is 5.91 Å². The maximum absolute atomic E-state index is 12.4. The molecule has 0 unspecified atom stereocenters. The summed E-state index contributed by atoms with van der Waals surface area (Å²) in [5.74, 6) is 0.794. The molecule has 2 aliphatic heterocycles. The van der Waals surface area contributed by atoms with Crippen molar-refractivity contribution in [2.45, 2.75) is 52.1 Å². The number of nitrogens with one attached hydrogen (secondary N) is 1. The second-order valence-electron chi connectivity index (χ2n) is 8.39. The van der Waals surface area contributed by atoms with Gasteiger partial charge in [0, 0.05) is 44.4 Å². The van der Waals surface area contributed by atoms with Gasteiger partial charge in [-0.15, -0.1) is 0 Å². The van der Waals surface area contributed by atoms with Crippen molar-refractivity contribution in [2.24, 2.45) is 0 Å². The number of fused-ring (bicyclic) bond motifs is 1. The highest BCUT2D eigenvalue weighted by Crippen LogP contribution is 2.36. The van der Waals surface area contributed by atoms with Crippen molar-refractivity contribution >= 4 is 23.4 Å². The Morgan fingerprint density at radius 2 is 1.86 bits per heavy atom. The minimum absolute atomic E-state index is 0.0522. The quantitative estimate of drug-likeness (QED) is 0.839. The largest absolute Gasteiger partial charge is 0.495 e. The van der Waals surface area contributed by atoms with Gasteiger partial charge < -0.3 is 24.6 Å². The van der Waals surface area contributed by atoms with Crippen molar-refractivity contribution in [2.75, 3.05) is 43.5 Å². The van der Waals surface area contributed by atoms with E-state index in [2.05, 4.69) is 16.3 Å². The number of benzene rings is 1. The molecule has 0 radical (unpaired) electrons. The Morgan fingerprint density at radius 3 is 2.57 bits per heavy atom. The van der Waals surface area contributed by atoms with E-state index < -0.39 is 5.60 Å². The summed E-state index contributed by atoms with van der Waals surface area (Å²) in [6.07, 6.45) is 2.85. The first-order chi connectivity index (χ1) is 13.3. The Morgan fingerprint density at radius 1 is 1.07 bits per heavy atom. The van der Waals surface area contributed by atoms with E-state index >= 15 is 0 Å². The number of anilines is 2. The normalized spacial score (nSPS) is 17.9. The molecular weight excluding hydrogens is 358 g/mol. The van der Waals surface area contributed by atoms with Gasteiger partial charge in [-0.2, -0.15) is 0 Å². The zero-order chi connectivity index (χ0) is 20.3. The number of amides is 2. The van der Waals surface area contributed by atoms with Gasteiger partial charge in [-0.05, 0) is 51.7 Å². The summed E-state index contributed by atoms with van der Waals surface area (Å²) >= 11 is 0. The molecule has 0 bridgehead atoms. The van der Waals surface area contributed by atoms with Crippen LogP contribution in [0.5, 0.6) is 5.75 Å². The van der Waals surface area contributed by atoms with E-state index in [1.807, 2.05) is 26.8 Å². The van der Waals surface area contributed by atoms with Crippen LogP contribution >= 0.6 is 0 Å². The fourth-order valence-corrected chi connectivity index (χ4v) is 3.66. The minimum atomic E-state index is -0.492. The van der Waals surface area contributed by atoms with Gasteiger partial charge in [-0.1, -0.05) is 0 Å². The fourth-order valence-electron chi connectivity index (χ4n) is 3.66. The Balaban J connectivity index is 1.77. The third kappa shape index (κ3) is 4.88. The molecule has 154 valence electrons. The van der Waals surface area contributed by atoms with Crippen LogP contribution in [0, 0.1) is 0 Å². The molecule has 1 fully saturated rings. The molecule has 28 heavy (non-hydrogen) atoms. The molecular formula is C21H31N3O4. The first kappa shape index (κ1) is 20.3. The van der Waals surface area contributed by atoms with Crippen LogP contribution in [0.4, 0.5) is 16.2 Å². The maximum atomic E-state index is 12.4. The molecule has 3 rings (SSSR count). The van der Waals surface area contributed by atoms with E-state index in [1.54, 1.807) is 12.0 Å². The smallest absolute Gasteiger partial charge is 0.410 e. The van der Waals surface area contributed by atoms with E-state index in [0.717, 1.165) is 48.5 Å². The lowest BCUT2D eigenvalue weighted by Crippen LogP contribution is -2.39. The molecule has 0 aromatic heterocycles. The zero-order valence-corrected chi connectivity index (χ0v) is 17.3. The summed E-state index contributed by atoms with van der Waals surface area (Å²) < 4.78 is 11.1. The maximum Gasteiger partial charge on any atom is 0.410 e. The number of hydrogen-bond donors (Lipinski definition) is 1. The number of carbonyl (C=O) groups excluding carboxylic acids is 2. The standard InChI is InChI=1S/C21H31N3O4/c1-21(2,3)28-20(26)24-10-6-9-23(11-12-24)17-13-15-7-5-8-19(25)22-16(15)14-18(17)27-4/h13-14H,5-12H2,1-4H3,(H,22,25). The van der Waals surface area contributed by atoms with Gasteiger partial charge in [-0.3, -0.25) is 4.79 Å². The van der Waals surface area contributed by atoms with Crippen molar-refractivity contribution in [3.8, 4) is 5.75 Å². The summed E-state index contributed by atoms with van der Waals surface area (Å²) in [6.45, 7) is 8.47.